The van der Waals surface area contributed by atoms with Crippen molar-refractivity contribution in [2.75, 3.05) is 11.9 Å². The Bertz CT molecular complexity index is 673. The van der Waals surface area contributed by atoms with E-state index in [-0.39, 0.29) is 12.3 Å². The standard InChI is InChI=1S/C16H15BrFNO2/c1-10-3-5-13(7-11(10)2)21-9-16(20)19-15-6-4-12(17)8-14(15)18/h3-8H,9H2,1-2H3,(H,19,20). The number of hydrogen-bond donors (Lipinski definition) is 1. The third-order valence-corrected chi connectivity index (χ3v) is 3.55. The van der Waals surface area contributed by atoms with Crippen molar-refractivity contribution < 1.29 is 13.9 Å². The van der Waals surface area contributed by atoms with E-state index in [1.807, 2.05) is 26.0 Å². The Morgan fingerprint density at radius 3 is 2.62 bits per heavy atom. The lowest BCUT2D eigenvalue weighted by atomic mass is 10.1. The van der Waals surface area contributed by atoms with E-state index in [1.54, 1.807) is 12.1 Å². The van der Waals surface area contributed by atoms with Gasteiger partial charge in [0.2, 0.25) is 0 Å². The number of hydrogen-bond acceptors (Lipinski definition) is 2. The number of rotatable bonds is 4. The van der Waals surface area contributed by atoms with Crippen molar-refractivity contribution in [1.29, 1.82) is 0 Å². The van der Waals surface area contributed by atoms with Crippen molar-refractivity contribution in [3.8, 4) is 5.75 Å². The summed E-state index contributed by atoms with van der Waals surface area (Å²) in [7, 11) is 0. The van der Waals surface area contributed by atoms with Gasteiger partial charge in [-0.15, -0.1) is 0 Å². The lowest BCUT2D eigenvalue weighted by molar-refractivity contribution is -0.118. The molecule has 0 unspecified atom stereocenters. The third-order valence-electron chi connectivity index (χ3n) is 3.05. The molecule has 0 aliphatic carbocycles. The molecule has 3 nitrogen and oxygen atoms in total. The lowest BCUT2D eigenvalue weighted by Gasteiger charge is -2.09. The number of carbonyl (C=O) groups is 1. The summed E-state index contributed by atoms with van der Waals surface area (Å²) in [5.74, 6) is -0.289. The second-order valence-corrected chi connectivity index (χ2v) is 5.62. The van der Waals surface area contributed by atoms with Crippen molar-refractivity contribution in [1.82, 2.24) is 0 Å². The predicted molar refractivity (Wildman–Crippen MR) is 84.1 cm³/mol. The molecular weight excluding hydrogens is 337 g/mol. The molecule has 0 spiro atoms. The van der Waals surface area contributed by atoms with Crippen LogP contribution in [0.4, 0.5) is 10.1 Å². The zero-order valence-electron chi connectivity index (χ0n) is 11.7. The molecule has 0 radical (unpaired) electrons. The minimum Gasteiger partial charge on any atom is -0.484 e. The van der Waals surface area contributed by atoms with Gasteiger partial charge in [0, 0.05) is 4.47 Å². The fourth-order valence-electron chi connectivity index (χ4n) is 1.73. The first-order chi connectivity index (χ1) is 9.95. The highest BCUT2D eigenvalue weighted by Crippen LogP contribution is 2.20. The van der Waals surface area contributed by atoms with Crippen LogP contribution in [0.5, 0.6) is 5.75 Å². The molecule has 21 heavy (non-hydrogen) atoms. The molecule has 0 aromatic heterocycles. The van der Waals surface area contributed by atoms with Crippen molar-refractivity contribution in [2.45, 2.75) is 13.8 Å². The molecule has 0 heterocycles. The molecule has 2 aromatic carbocycles. The van der Waals surface area contributed by atoms with Gasteiger partial charge < -0.3 is 10.1 Å². The number of benzene rings is 2. The SMILES string of the molecule is Cc1ccc(OCC(=O)Nc2ccc(Br)cc2F)cc1C. The van der Waals surface area contributed by atoms with Crippen molar-refractivity contribution in [3.63, 3.8) is 0 Å². The largest absolute Gasteiger partial charge is 0.484 e. The van der Waals surface area contributed by atoms with Crippen LogP contribution in [-0.2, 0) is 4.79 Å². The Kier molecular flexibility index (Phi) is 4.96. The maximum atomic E-state index is 13.6. The van der Waals surface area contributed by atoms with Gasteiger partial charge in [0.05, 0.1) is 5.69 Å². The summed E-state index contributed by atoms with van der Waals surface area (Å²) in [5.41, 5.74) is 2.38. The number of amides is 1. The van der Waals surface area contributed by atoms with Gasteiger partial charge in [0.1, 0.15) is 11.6 Å². The number of ether oxygens (including phenoxy) is 1. The molecule has 5 heteroatoms. The van der Waals surface area contributed by atoms with Crippen molar-refractivity contribution in [3.05, 3.63) is 57.8 Å². The fraction of sp³-hybridized carbons (Fsp3) is 0.188. The zero-order valence-corrected chi connectivity index (χ0v) is 13.3. The molecule has 0 saturated carbocycles. The van der Waals surface area contributed by atoms with Gasteiger partial charge in [-0.3, -0.25) is 4.79 Å². The molecular formula is C16H15BrFNO2. The highest BCUT2D eigenvalue weighted by atomic mass is 79.9. The number of halogens is 2. The smallest absolute Gasteiger partial charge is 0.262 e. The van der Waals surface area contributed by atoms with Crippen LogP contribution in [0, 0.1) is 19.7 Å². The zero-order chi connectivity index (χ0) is 15.4. The molecule has 0 atom stereocenters. The van der Waals surface area contributed by atoms with Gasteiger partial charge in [-0.25, -0.2) is 4.39 Å². The normalized spacial score (nSPS) is 10.3. The maximum Gasteiger partial charge on any atom is 0.262 e. The molecule has 0 aliphatic heterocycles. The van der Waals surface area contributed by atoms with Crippen molar-refractivity contribution >= 4 is 27.5 Å². The van der Waals surface area contributed by atoms with E-state index < -0.39 is 11.7 Å². The number of aryl methyl sites for hydroxylation is 2. The van der Waals surface area contributed by atoms with Crippen LogP contribution in [0.1, 0.15) is 11.1 Å². The summed E-state index contributed by atoms with van der Waals surface area (Å²) in [5, 5.41) is 2.47. The predicted octanol–water partition coefficient (Wildman–Crippen LogP) is 4.22. The lowest BCUT2D eigenvalue weighted by Crippen LogP contribution is -2.20. The molecule has 1 amide bonds. The van der Waals surface area contributed by atoms with Crippen LogP contribution in [0.2, 0.25) is 0 Å². The summed E-state index contributed by atoms with van der Waals surface area (Å²) >= 11 is 3.16. The summed E-state index contributed by atoms with van der Waals surface area (Å²) in [4.78, 5) is 11.8. The molecule has 110 valence electrons. The highest BCUT2D eigenvalue weighted by Gasteiger charge is 2.08. The Morgan fingerprint density at radius 2 is 1.95 bits per heavy atom. The average molecular weight is 352 g/mol. The van der Waals surface area contributed by atoms with Gasteiger partial charge in [-0.2, -0.15) is 0 Å². The monoisotopic (exact) mass is 351 g/mol. The Hall–Kier alpha value is -1.88. The van der Waals surface area contributed by atoms with Crippen LogP contribution >= 0.6 is 15.9 Å². The van der Waals surface area contributed by atoms with Gasteiger partial charge in [-0.1, -0.05) is 22.0 Å². The van der Waals surface area contributed by atoms with E-state index in [0.29, 0.717) is 10.2 Å². The van der Waals surface area contributed by atoms with E-state index in [4.69, 9.17) is 4.74 Å². The maximum absolute atomic E-state index is 13.6. The Morgan fingerprint density at radius 1 is 1.19 bits per heavy atom. The number of anilines is 1. The fourth-order valence-corrected chi connectivity index (χ4v) is 2.06. The summed E-state index contributed by atoms with van der Waals surface area (Å²) in [6.45, 7) is 3.81. The molecule has 2 aromatic rings. The minimum atomic E-state index is -0.496. The first-order valence-corrected chi connectivity index (χ1v) is 7.20. The van der Waals surface area contributed by atoms with Crippen LogP contribution in [0.15, 0.2) is 40.9 Å². The second-order valence-electron chi connectivity index (χ2n) is 4.71. The van der Waals surface area contributed by atoms with Gasteiger partial charge >= 0.3 is 0 Å². The Labute approximate surface area is 131 Å². The van der Waals surface area contributed by atoms with Crippen LogP contribution < -0.4 is 10.1 Å². The van der Waals surface area contributed by atoms with Crippen LogP contribution in [0.25, 0.3) is 0 Å². The summed E-state index contributed by atoms with van der Waals surface area (Å²) in [6, 6.07) is 10.0. The number of carbonyl (C=O) groups excluding carboxylic acids is 1. The van der Waals surface area contributed by atoms with E-state index in [2.05, 4.69) is 21.2 Å². The van der Waals surface area contributed by atoms with Gasteiger partial charge in [0.15, 0.2) is 6.61 Å². The minimum absolute atomic E-state index is 0.131. The average Bonchev–Trinajstić information content (AvgIpc) is 2.43. The second kappa shape index (κ2) is 6.72. The van der Waals surface area contributed by atoms with Gasteiger partial charge in [0.25, 0.3) is 5.91 Å². The van der Waals surface area contributed by atoms with E-state index >= 15 is 0 Å². The van der Waals surface area contributed by atoms with E-state index in [0.717, 1.165) is 11.1 Å². The van der Waals surface area contributed by atoms with E-state index in [9.17, 15) is 9.18 Å². The summed E-state index contributed by atoms with van der Waals surface area (Å²) in [6.07, 6.45) is 0. The van der Waals surface area contributed by atoms with Crippen LogP contribution in [-0.4, -0.2) is 12.5 Å². The molecule has 0 bridgehead atoms. The first-order valence-electron chi connectivity index (χ1n) is 6.40. The first kappa shape index (κ1) is 15.5. The van der Waals surface area contributed by atoms with Gasteiger partial charge in [-0.05, 0) is 55.3 Å². The summed E-state index contributed by atoms with van der Waals surface area (Å²) < 4.78 is 19.6. The van der Waals surface area contributed by atoms with Crippen LogP contribution in [0.3, 0.4) is 0 Å². The molecule has 1 N–H and O–H groups in total. The quantitative estimate of drug-likeness (QED) is 0.895. The van der Waals surface area contributed by atoms with E-state index in [1.165, 1.54) is 12.1 Å². The topological polar surface area (TPSA) is 38.3 Å². The molecule has 2 rings (SSSR count). The van der Waals surface area contributed by atoms with Crippen molar-refractivity contribution in [2.24, 2.45) is 0 Å². The highest BCUT2D eigenvalue weighted by molar-refractivity contribution is 9.10. The molecule has 0 aliphatic rings. The molecule has 0 fully saturated rings. The third kappa shape index (κ3) is 4.29. The number of nitrogens with one attached hydrogen (secondary N) is 1. The molecule has 0 saturated heterocycles. The Balaban J connectivity index is 1.94.